The van der Waals surface area contributed by atoms with Crippen molar-refractivity contribution in [2.75, 3.05) is 33.4 Å². The summed E-state index contributed by atoms with van der Waals surface area (Å²) < 4.78 is 16.4. The third-order valence-corrected chi connectivity index (χ3v) is 3.51. The van der Waals surface area contributed by atoms with E-state index in [9.17, 15) is 5.11 Å². The molecule has 2 N–H and O–H groups in total. The van der Waals surface area contributed by atoms with Gasteiger partial charge in [-0.1, -0.05) is 0 Å². The first-order chi connectivity index (χ1) is 10.2. The molecule has 0 saturated carbocycles. The number of fused-ring (bicyclic) bond motifs is 1. The van der Waals surface area contributed by atoms with Crippen molar-refractivity contribution < 1.29 is 19.3 Å². The topological polar surface area (TPSA) is 60.0 Å². The third kappa shape index (κ3) is 4.09. The van der Waals surface area contributed by atoms with Crippen LogP contribution < -0.4 is 14.8 Å². The van der Waals surface area contributed by atoms with Crippen LogP contribution in [-0.4, -0.2) is 44.6 Å². The van der Waals surface area contributed by atoms with Gasteiger partial charge in [-0.25, -0.2) is 0 Å². The molecule has 0 fully saturated rings. The molecule has 1 aliphatic rings. The summed E-state index contributed by atoms with van der Waals surface area (Å²) in [6.45, 7) is 6.34. The zero-order valence-corrected chi connectivity index (χ0v) is 13.0. The molecular weight excluding hydrogens is 270 g/mol. The van der Waals surface area contributed by atoms with Crippen LogP contribution in [0.4, 0.5) is 0 Å². The van der Waals surface area contributed by atoms with E-state index >= 15 is 0 Å². The smallest absolute Gasteiger partial charge is 0.125 e. The number of rotatable bonds is 8. The SMILES string of the molecule is CCOc1cc2c(cc1C(O)CNCCOC)OC(C)C2. The maximum Gasteiger partial charge on any atom is 0.125 e. The molecule has 0 bridgehead atoms. The zero-order valence-electron chi connectivity index (χ0n) is 13.0. The molecule has 0 aromatic heterocycles. The van der Waals surface area contributed by atoms with Crippen molar-refractivity contribution in [1.82, 2.24) is 5.32 Å². The number of hydrogen-bond acceptors (Lipinski definition) is 5. The summed E-state index contributed by atoms with van der Waals surface area (Å²) in [5.74, 6) is 1.60. The Labute approximate surface area is 126 Å². The van der Waals surface area contributed by atoms with Crippen molar-refractivity contribution >= 4 is 0 Å². The van der Waals surface area contributed by atoms with Crippen LogP contribution in [0.2, 0.25) is 0 Å². The summed E-state index contributed by atoms with van der Waals surface area (Å²) in [6.07, 6.45) is 0.438. The fourth-order valence-corrected chi connectivity index (χ4v) is 2.52. The van der Waals surface area contributed by atoms with E-state index in [1.807, 2.05) is 26.0 Å². The minimum atomic E-state index is -0.631. The van der Waals surface area contributed by atoms with Crippen LogP contribution in [0.15, 0.2) is 12.1 Å². The number of aliphatic hydroxyl groups excluding tert-OH is 1. The lowest BCUT2D eigenvalue weighted by Gasteiger charge is -2.17. The van der Waals surface area contributed by atoms with Crippen molar-refractivity contribution in [2.24, 2.45) is 0 Å². The first-order valence-corrected chi connectivity index (χ1v) is 7.49. The zero-order chi connectivity index (χ0) is 15.2. The summed E-state index contributed by atoms with van der Waals surface area (Å²) in [5, 5.41) is 13.5. The van der Waals surface area contributed by atoms with Crippen molar-refractivity contribution in [2.45, 2.75) is 32.5 Å². The second kappa shape index (κ2) is 7.64. The van der Waals surface area contributed by atoms with Crippen molar-refractivity contribution in [3.05, 3.63) is 23.3 Å². The Balaban J connectivity index is 2.11. The molecule has 0 aliphatic carbocycles. The molecule has 5 nitrogen and oxygen atoms in total. The summed E-state index contributed by atoms with van der Waals surface area (Å²) in [7, 11) is 1.66. The van der Waals surface area contributed by atoms with E-state index in [0.717, 1.165) is 29.0 Å². The van der Waals surface area contributed by atoms with Gasteiger partial charge in [0, 0.05) is 37.7 Å². The first-order valence-electron chi connectivity index (χ1n) is 7.49. The van der Waals surface area contributed by atoms with Gasteiger partial charge in [0.05, 0.1) is 19.3 Å². The van der Waals surface area contributed by atoms with Gasteiger partial charge in [0.2, 0.25) is 0 Å². The maximum absolute atomic E-state index is 10.4. The summed E-state index contributed by atoms with van der Waals surface area (Å²) in [5.41, 5.74) is 1.92. The molecule has 2 unspecified atom stereocenters. The van der Waals surface area contributed by atoms with Crippen molar-refractivity contribution in [1.29, 1.82) is 0 Å². The van der Waals surface area contributed by atoms with Gasteiger partial charge < -0.3 is 24.6 Å². The highest BCUT2D eigenvalue weighted by Gasteiger charge is 2.24. The number of nitrogens with one attached hydrogen (secondary N) is 1. The molecule has 118 valence electrons. The van der Waals surface area contributed by atoms with Gasteiger partial charge in [0.1, 0.15) is 17.6 Å². The second-order valence-electron chi connectivity index (χ2n) is 5.28. The highest BCUT2D eigenvalue weighted by atomic mass is 16.5. The number of benzene rings is 1. The molecule has 0 spiro atoms. The lowest BCUT2D eigenvalue weighted by molar-refractivity contribution is 0.157. The van der Waals surface area contributed by atoms with Gasteiger partial charge in [-0.2, -0.15) is 0 Å². The van der Waals surface area contributed by atoms with Gasteiger partial charge in [-0.05, 0) is 26.0 Å². The highest BCUT2D eigenvalue weighted by Crippen LogP contribution is 2.37. The Bertz CT molecular complexity index is 464. The van der Waals surface area contributed by atoms with E-state index in [-0.39, 0.29) is 6.10 Å². The fourth-order valence-electron chi connectivity index (χ4n) is 2.52. The minimum Gasteiger partial charge on any atom is -0.493 e. The minimum absolute atomic E-state index is 0.182. The molecule has 0 saturated heterocycles. The molecule has 1 aromatic rings. The predicted molar refractivity (Wildman–Crippen MR) is 81.1 cm³/mol. The van der Waals surface area contributed by atoms with Gasteiger partial charge >= 0.3 is 0 Å². The predicted octanol–water partition coefficient (Wildman–Crippen LogP) is 1.68. The molecule has 2 rings (SSSR count). The molecule has 0 radical (unpaired) electrons. The van der Waals surface area contributed by atoms with Crippen LogP contribution in [-0.2, 0) is 11.2 Å². The molecule has 1 aliphatic heterocycles. The quantitative estimate of drug-likeness (QED) is 0.715. The molecule has 1 heterocycles. The van der Waals surface area contributed by atoms with Crippen LogP contribution in [0, 0.1) is 0 Å². The van der Waals surface area contributed by atoms with Crippen molar-refractivity contribution in [3.63, 3.8) is 0 Å². The van der Waals surface area contributed by atoms with Gasteiger partial charge in [-0.3, -0.25) is 0 Å². The molecule has 5 heteroatoms. The molecular formula is C16H25NO4. The molecule has 21 heavy (non-hydrogen) atoms. The van der Waals surface area contributed by atoms with Gasteiger partial charge in [0.25, 0.3) is 0 Å². The Hall–Kier alpha value is -1.30. The monoisotopic (exact) mass is 295 g/mol. The van der Waals surface area contributed by atoms with Crippen molar-refractivity contribution in [3.8, 4) is 11.5 Å². The third-order valence-electron chi connectivity index (χ3n) is 3.51. The standard InChI is InChI=1S/C16H25NO4/c1-4-20-16-8-12-7-11(2)21-15(12)9-13(16)14(18)10-17-5-6-19-3/h8-9,11,14,17-18H,4-7,10H2,1-3H3. The lowest BCUT2D eigenvalue weighted by Crippen LogP contribution is -2.25. The first kappa shape index (κ1) is 16.1. The van der Waals surface area contributed by atoms with Crippen LogP contribution in [0.5, 0.6) is 11.5 Å². The van der Waals surface area contributed by atoms with E-state index in [1.54, 1.807) is 7.11 Å². The molecule has 2 atom stereocenters. The van der Waals surface area contributed by atoms with E-state index in [0.29, 0.717) is 26.3 Å². The maximum atomic E-state index is 10.4. The number of hydrogen-bond donors (Lipinski definition) is 2. The highest BCUT2D eigenvalue weighted by molar-refractivity contribution is 5.49. The summed E-state index contributed by atoms with van der Waals surface area (Å²) in [4.78, 5) is 0. The second-order valence-corrected chi connectivity index (χ2v) is 5.28. The summed E-state index contributed by atoms with van der Waals surface area (Å²) in [6, 6.07) is 3.91. The Kier molecular flexibility index (Phi) is 5.85. The van der Waals surface area contributed by atoms with Crippen LogP contribution >= 0.6 is 0 Å². The summed E-state index contributed by atoms with van der Waals surface area (Å²) >= 11 is 0. The van der Waals surface area contributed by atoms with E-state index in [2.05, 4.69) is 5.32 Å². The van der Waals surface area contributed by atoms with E-state index < -0.39 is 6.10 Å². The lowest BCUT2D eigenvalue weighted by atomic mass is 10.0. The Morgan fingerprint density at radius 2 is 2.29 bits per heavy atom. The Morgan fingerprint density at radius 3 is 3.00 bits per heavy atom. The fraction of sp³-hybridized carbons (Fsp3) is 0.625. The van der Waals surface area contributed by atoms with E-state index in [1.165, 1.54) is 0 Å². The number of ether oxygens (including phenoxy) is 3. The normalized spacial score (nSPS) is 18.2. The Morgan fingerprint density at radius 1 is 1.48 bits per heavy atom. The van der Waals surface area contributed by atoms with Crippen LogP contribution in [0.25, 0.3) is 0 Å². The molecule has 0 amide bonds. The number of methoxy groups -OCH3 is 1. The average molecular weight is 295 g/mol. The van der Waals surface area contributed by atoms with Gasteiger partial charge in [0.15, 0.2) is 0 Å². The largest absolute Gasteiger partial charge is 0.493 e. The van der Waals surface area contributed by atoms with E-state index in [4.69, 9.17) is 14.2 Å². The van der Waals surface area contributed by atoms with Crippen LogP contribution in [0.1, 0.15) is 31.1 Å². The molecule has 1 aromatic carbocycles. The van der Waals surface area contributed by atoms with Gasteiger partial charge in [-0.15, -0.1) is 0 Å². The average Bonchev–Trinajstić information content (AvgIpc) is 2.82. The van der Waals surface area contributed by atoms with Crippen LogP contribution in [0.3, 0.4) is 0 Å². The number of aliphatic hydroxyl groups is 1.